The molecule has 0 saturated carbocycles. The molecule has 0 rings (SSSR count). The van der Waals surface area contributed by atoms with Crippen LogP contribution in [0.3, 0.4) is 0 Å². The van der Waals surface area contributed by atoms with Crippen LogP contribution in [0.2, 0.25) is 0 Å². The lowest BCUT2D eigenvalue weighted by Gasteiger charge is -2.17. The summed E-state index contributed by atoms with van der Waals surface area (Å²) in [6.45, 7) is 7.92. The first-order chi connectivity index (χ1) is 8.92. The Morgan fingerprint density at radius 1 is 0.947 bits per heavy atom. The van der Waals surface area contributed by atoms with Gasteiger partial charge in [0.25, 0.3) is 0 Å². The van der Waals surface area contributed by atoms with Crippen molar-refractivity contribution in [3.8, 4) is 0 Å². The summed E-state index contributed by atoms with van der Waals surface area (Å²) >= 11 is 0. The molecule has 0 aliphatic rings. The summed E-state index contributed by atoms with van der Waals surface area (Å²) in [5.74, 6) is -0.938. The van der Waals surface area contributed by atoms with E-state index in [4.69, 9.17) is 14.9 Å². The third-order valence-electron chi connectivity index (χ3n) is 3.00. The fourth-order valence-electron chi connectivity index (χ4n) is 1.89. The van der Waals surface area contributed by atoms with E-state index in [0.717, 1.165) is 25.4 Å². The Morgan fingerprint density at radius 2 is 1.53 bits per heavy atom. The Kier molecular flexibility index (Phi) is 11.6. The van der Waals surface area contributed by atoms with Gasteiger partial charge in [-0.1, -0.05) is 46.0 Å². The van der Waals surface area contributed by atoms with E-state index >= 15 is 0 Å². The summed E-state index contributed by atoms with van der Waals surface area (Å²) in [6, 6.07) is 0. The van der Waals surface area contributed by atoms with Crippen LogP contribution in [0.15, 0.2) is 0 Å². The molecule has 0 unspecified atom stereocenters. The lowest BCUT2D eigenvalue weighted by molar-refractivity contribution is -0.169. The normalized spacial score (nSPS) is 12.3. The van der Waals surface area contributed by atoms with Gasteiger partial charge < -0.3 is 14.9 Å². The van der Waals surface area contributed by atoms with Crippen molar-refractivity contribution >= 4 is 0 Å². The monoisotopic (exact) mass is 275 g/mol. The first-order valence-electron chi connectivity index (χ1n) is 7.69. The molecule has 0 bridgehead atoms. The number of ether oxygens (including phenoxy) is 1. The summed E-state index contributed by atoms with van der Waals surface area (Å²) in [6.07, 6.45) is 8.53. The second-order valence-electron chi connectivity index (χ2n) is 5.86. The Balaban J connectivity index is 3.03. The second kappa shape index (κ2) is 11.6. The largest absolute Gasteiger partial charge is 0.381 e. The van der Waals surface area contributed by atoms with E-state index in [0.29, 0.717) is 13.2 Å². The standard InChI is InChI=1S/C15H33NO3/c1-14(2)10-7-5-4-6-8-12-19-13-9-11-16-15(3,17)18/h14,16-18H,4-13H2,1-3H3. The molecule has 0 aromatic rings. The Morgan fingerprint density at radius 3 is 2.16 bits per heavy atom. The molecule has 0 spiro atoms. The summed E-state index contributed by atoms with van der Waals surface area (Å²) in [5.41, 5.74) is 0. The van der Waals surface area contributed by atoms with Crippen LogP contribution in [0, 0.1) is 5.92 Å². The lowest BCUT2D eigenvalue weighted by Crippen LogP contribution is -2.42. The maximum atomic E-state index is 9.00. The highest BCUT2D eigenvalue weighted by Crippen LogP contribution is 2.10. The molecule has 0 aromatic heterocycles. The predicted molar refractivity (Wildman–Crippen MR) is 78.8 cm³/mol. The van der Waals surface area contributed by atoms with Crippen LogP contribution in [0.5, 0.6) is 0 Å². The first-order valence-corrected chi connectivity index (χ1v) is 7.69. The van der Waals surface area contributed by atoms with Gasteiger partial charge in [0, 0.05) is 26.7 Å². The topological polar surface area (TPSA) is 61.7 Å². The summed E-state index contributed by atoms with van der Waals surface area (Å²) < 4.78 is 5.49. The predicted octanol–water partition coefficient (Wildman–Crippen LogP) is 2.64. The van der Waals surface area contributed by atoms with E-state index in [9.17, 15) is 0 Å². The van der Waals surface area contributed by atoms with Crippen LogP contribution in [0.4, 0.5) is 0 Å². The number of unbranched alkanes of at least 4 members (excludes halogenated alkanes) is 4. The third kappa shape index (κ3) is 17.8. The zero-order chi connectivity index (χ0) is 14.6. The maximum Gasteiger partial charge on any atom is 0.219 e. The highest BCUT2D eigenvalue weighted by molar-refractivity contribution is 4.53. The van der Waals surface area contributed by atoms with Crippen LogP contribution in [0.1, 0.15) is 65.7 Å². The summed E-state index contributed by atoms with van der Waals surface area (Å²) in [5, 5.41) is 20.6. The zero-order valence-electron chi connectivity index (χ0n) is 13.0. The van der Waals surface area contributed by atoms with Gasteiger partial charge in [0.05, 0.1) is 0 Å². The van der Waals surface area contributed by atoms with E-state index in [1.165, 1.54) is 39.0 Å². The van der Waals surface area contributed by atoms with Gasteiger partial charge in [-0.3, -0.25) is 5.32 Å². The van der Waals surface area contributed by atoms with Gasteiger partial charge >= 0.3 is 0 Å². The summed E-state index contributed by atoms with van der Waals surface area (Å²) in [7, 11) is 0. The average Bonchev–Trinajstić information content (AvgIpc) is 2.28. The number of hydrogen-bond acceptors (Lipinski definition) is 4. The van der Waals surface area contributed by atoms with Crippen molar-refractivity contribution < 1.29 is 14.9 Å². The molecule has 19 heavy (non-hydrogen) atoms. The zero-order valence-corrected chi connectivity index (χ0v) is 13.0. The van der Waals surface area contributed by atoms with Gasteiger partial charge in [0.2, 0.25) is 5.91 Å². The number of nitrogens with one attached hydrogen (secondary N) is 1. The average molecular weight is 275 g/mol. The lowest BCUT2D eigenvalue weighted by atomic mass is 10.0. The van der Waals surface area contributed by atoms with Crippen molar-refractivity contribution in [2.75, 3.05) is 19.8 Å². The first kappa shape index (κ1) is 18.8. The molecule has 0 atom stereocenters. The number of hydrogen-bond donors (Lipinski definition) is 3. The van der Waals surface area contributed by atoms with Crippen molar-refractivity contribution in [2.45, 2.75) is 71.6 Å². The van der Waals surface area contributed by atoms with Crippen LogP contribution in [-0.4, -0.2) is 35.9 Å². The van der Waals surface area contributed by atoms with Crippen LogP contribution in [0.25, 0.3) is 0 Å². The van der Waals surface area contributed by atoms with Gasteiger partial charge in [0.15, 0.2) is 0 Å². The molecule has 0 fully saturated rings. The van der Waals surface area contributed by atoms with E-state index in [1.807, 2.05) is 0 Å². The number of rotatable bonds is 13. The van der Waals surface area contributed by atoms with Crippen LogP contribution < -0.4 is 5.32 Å². The molecule has 4 nitrogen and oxygen atoms in total. The molecular formula is C15H33NO3. The smallest absolute Gasteiger partial charge is 0.219 e. The molecule has 116 valence electrons. The highest BCUT2D eigenvalue weighted by atomic mass is 16.5. The second-order valence-corrected chi connectivity index (χ2v) is 5.86. The van der Waals surface area contributed by atoms with Crippen molar-refractivity contribution in [1.29, 1.82) is 0 Å². The fraction of sp³-hybridized carbons (Fsp3) is 1.00. The van der Waals surface area contributed by atoms with Gasteiger partial charge in [-0.25, -0.2) is 0 Å². The van der Waals surface area contributed by atoms with E-state index < -0.39 is 5.91 Å². The molecule has 0 heterocycles. The maximum absolute atomic E-state index is 9.00. The van der Waals surface area contributed by atoms with Gasteiger partial charge in [-0.05, 0) is 18.8 Å². The fourth-order valence-corrected chi connectivity index (χ4v) is 1.89. The van der Waals surface area contributed by atoms with Crippen LogP contribution in [-0.2, 0) is 4.74 Å². The van der Waals surface area contributed by atoms with Crippen molar-refractivity contribution in [3.05, 3.63) is 0 Å². The molecule has 3 N–H and O–H groups in total. The minimum Gasteiger partial charge on any atom is -0.381 e. The van der Waals surface area contributed by atoms with Crippen molar-refractivity contribution in [1.82, 2.24) is 5.32 Å². The van der Waals surface area contributed by atoms with Crippen LogP contribution >= 0.6 is 0 Å². The minimum absolute atomic E-state index is 0.554. The highest BCUT2D eigenvalue weighted by Gasteiger charge is 2.11. The van der Waals surface area contributed by atoms with Crippen molar-refractivity contribution in [3.63, 3.8) is 0 Å². The summed E-state index contributed by atoms with van der Waals surface area (Å²) in [4.78, 5) is 0. The molecule has 4 heteroatoms. The van der Waals surface area contributed by atoms with Gasteiger partial charge in [-0.15, -0.1) is 0 Å². The van der Waals surface area contributed by atoms with E-state index in [-0.39, 0.29) is 0 Å². The molecule has 0 radical (unpaired) electrons. The number of aliphatic hydroxyl groups is 2. The molecular weight excluding hydrogens is 242 g/mol. The molecule has 0 aliphatic carbocycles. The minimum atomic E-state index is -1.77. The molecule has 0 aromatic carbocycles. The van der Waals surface area contributed by atoms with Crippen molar-refractivity contribution in [2.24, 2.45) is 5.92 Å². The van der Waals surface area contributed by atoms with Gasteiger partial charge in [-0.2, -0.15) is 0 Å². The molecule has 0 aliphatic heterocycles. The molecule has 0 amide bonds. The quantitative estimate of drug-likeness (QED) is 0.357. The van der Waals surface area contributed by atoms with Gasteiger partial charge in [0.1, 0.15) is 0 Å². The Bertz CT molecular complexity index is 190. The van der Waals surface area contributed by atoms with E-state index in [1.54, 1.807) is 0 Å². The Hall–Kier alpha value is -0.160. The third-order valence-corrected chi connectivity index (χ3v) is 3.00. The SMILES string of the molecule is CC(C)CCCCCCCOCCCNC(C)(O)O. The Labute approximate surface area is 118 Å². The molecule has 0 saturated heterocycles. The van der Waals surface area contributed by atoms with E-state index in [2.05, 4.69) is 19.2 Å².